The van der Waals surface area contributed by atoms with Crippen LogP contribution in [0.4, 0.5) is 4.79 Å². The van der Waals surface area contributed by atoms with Gasteiger partial charge in [0.25, 0.3) is 0 Å². The van der Waals surface area contributed by atoms with Crippen molar-refractivity contribution in [2.24, 2.45) is 4.99 Å². The summed E-state index contributed by atoms with van der Waals surface area (Å²) in [6, 6.07) is 0.312. The molecule has 2 rings (SSSR count). The van der Waals surface area contributed by atoms with E-state index in [-0.39, 0.29) is 30.1 Å². The van der Waals surface area contributed by atoms with Gasteiger partial charge in [0.15, 0.2) is 5.96 Å². The molecule has 0 saturated carbocycles. The SMILES string of the molecule is CCNC(=NCc1ncc(C)s1)NC1CCN(C(=O)OCC)CC1.I. The van der Waals surface area contributed by atoms with Gasteiger partial charge in [-0.15, -0.1) is 35.3 Å². The number of thiazole rings is 1. The first-order valence-corrected chi connectivity index (χ1v) is 9.31. The minimum Gasteiger partial charge on any atom is -0.450 e. The Morgan fingerprint density at radius 2 is 2.16 bits per heavy atom. The van der Waals surface area contributed by atoms with Crippen molar-refractivity contribution in [3.8, 4) is 0 Å². The number of halogens is 1. The maximum absolute atomic E-state index is 11.7. The fourth-order valence-corrected chi connectivity index (χ4v) is 3.27. The lowest BCUT2D eigenvalue weighted by Gasteiger charge is -2.32. The second-order valence-corrected chi connectivity index (χ2v) is 6.98. The molecule has 2 N–H and O–H groups in total. The molecule has 1 aromatic heterocycles. The van der Waals surface area contributed by atoms with Crippen molar-refractivity contribution in [1.29, 1.82) is 0 Å². The molecule has 1 saturated heterocycles. The zero-order valence-corrected chi connectivity index (χ0v) is 18.2. The van der Waals surface area contributed by atoms with Crippen LogP contribution in [-0.2, 0) is 11.3 Å². The maximum atomic E-state index is 11.7. The molecule has 1 fully saturated rings. The van der Waals surface area contributed by atoms with Crippen LogP contribution in [0.25, 0.3) is 0 Å². The number of rotatable bonds is 5. The highest BCUT2D eigenvalue weighted by Gasteiger charge is 2.24. The number of aryl methyl sites for hydroxylation is 1. The van der Waals surface area contributed by atoms with Crippen LogP contribution in [0.15, 0.2) is 11.2 Å². The molecule has 0 aromatic carbocycles. The summed E-state index contributed by atoms with van der Waals surface area (Å²) in [4.78, 5) is 23.6. The number of hydrogen-bond donors (Lipinski definition) is 2. The molecule has 0 aliphatic carbocycles. The Balaban J connectivity index is 0.00000312. The maximum Gasteiger partial charge on any atom is 0.409 e. The van der Waals surface area contributed by atoms with E-state index in [2.05, 4.69) is 20.6 Å². The highest BCUT2D eigenvalue weighted by atomic mass is 127. The van der Waals surface area contributed by atoms with E-state index in [4.69, 9.17) is 4.74 Å². The van der Waals surface area contributed by atoms with Crippen LogP contribution >= 0.6 is 35.3 Å². The number of carbonyl (C=O) groups is 1. The van der Waals surface area contributed by atoms with Gasteiger partial charge in [0.2, 0.25) is 0 Å². The summed E-state index contributed by atoms with van der Waals surface area (Å²) in [6.45, 7) is 9.16. The number of aromatic nitrogens is 1. The van der Waals surface area contributed by atoms with Gasteiger partial charge >= 0.3 is 6.09 Å². The van der Waals surface area contributed by atoms with E-state index < -0.39 is 0 Å². The Hall–Kier alpha value is -1.10. The molecule has 0 atom stereocenters. The van der Waals surface area contributed by atoms with Crippen molar-refractivity contribution in [3.63, 3.8) is 0 Å². The van der Waals surface area contributed by atoms with Crippen molar-refractivity contribution >= 4 is 47.4 Å². The third-order valence-electron chi connectivity index (χ3n) is 3.75. The van der Waals surface area contributed by atoms with E-state index in [1.54, 1.807) is 16.2 Å². The van der Waals surface area contributed by atoms with Gasteiger partial charge in [-0.25, -0.2) is 14.8 Å². The smallest absolute Gasteiger partial charge is 0.409 e. The summed E-state index contributed by atoms with van der Waals surface area (Å²) in [7, 11) is 0. The standard InChI is InChI=1S/C16H27N5O2S.HI/c1-4-17-15(19-11-14-18-10-12(3)24-14)20-13-6-8-21(9-7-13)16(22)23-5-2;/h10,13H,4-9,11H2,1-3H3,(H2,17,19,20);1H. The van der Waals surface area contributed by atoms with E-state index in [9.17, 15) is 4.79 Å². The van der Waals surface area contributed by atoms with E-state index >= 15 is 0 Å². The fourth-order valence-electron chi connectivity index (χ4n) is 2.56. The summed E-state index contributed by atoms with van der Waals surface area (Å²) in [5.74, 6) is 0.805. The van der Waals surface area contributed by atoms with E-state index in [1.165, 1.54) is 4.88 Å². The predicted molar refractivity (Wildman–Crippen MR) is 112 cm³/mol. The molecule has 1 aromatic rings. The van der Waals surface area contributed by atoms with Crippen molar-refractivity contribution in [2.45, 2.75) is 46.2 Å². The zero-order chi connectivity index (χ0) is 17.4. The Morgan fingerprint density at radius 1 is 1.44 bits per heavy atom. The molecule has 0 unspecified atom stereocenters. The molecule has 142 valence electrons. The third-order valence-corrected chi connectivity index (χ3v) is 4.65. The van der Waals surface area contributed by atoms with E-state index in [0.717, 1.165) is 30.4 Å². The first kappa shape index (κ1) is 21.9. The van der Waals surface area contributed by atoms with Crippen molar-refractivity contribution in [3.05, 3.63) is 16.1 Å². The molecular formula is C16H28IN5O2S. The number of aliphatic imine (C=N–C) groups is 1. The van der Waals surface area contributed by atoms with Crippen LogP contribution in [0, 0.1) is 6.92 Å². The first-order valence-electron chi connectivity index (χ1n) is 8.50. The number of amides is 1. The fraction of sp³-hybridized carbons (Fsp3) is 0.688. The second kappa shape index (κ2) is 11.5. The van der Waals surface area contributed by atoms with E-state index in [1.807, 2.05) is 27.0 Å². The molecule has 25 heavy (non-hydrogen) atoms. The topological polar surface area (TPSA) is 78.9 Å². The Bertz CT molecular complexity index is 558. The molecule has 0 spiro atoms. The second-order valence-electron chi connectivity index (χ2n) is 5.66. The number of piperidine rings is 1. The minimum absolute atomic E-state index is 0. The van der Waals surface area contributed by atoms with Crippen LogP contribution in [-0.4, -0.2) is 54.2 Å². The van der Waals surface area contributed by atoms with Gasteiger partial charge in [-0.1, -0.05) is 0 Å². The number of carbonyl (C=O) groups excluding carboxylic acids is 1. The van der Waals surface area contributed by atoms with Crippen molar-refractivity contribution < 1.29 is 9.53 Å². The lowest BCUT2D eigenvalue weighted by atomic mass is 10.1. The molecule has 9 heteroatoms. The number of nitrogens with one attached hydrogen (secondary N) is 2. The van der Waals surface area contributed by atoms with Gasteiger partial charge in [-0.05, 0) is 33.6 Å². The number of likely N-dealkylation sites (tertiary alicyclic amines) is 1. The molecule has 1 aliphatic heterocycles. The Morgan fingerprint density at radius 3 is 2.72 bits per heavy atom. The third kappa shape index (κ3) is 7.35. The van der Waals surface area contributed by atoms with Crippen LogP contribution in [0.3, 0.4) is 0 Å². The number of guanidine groups is 1. The summed E-state index contributed by atoms with van der Waals surface area (Å²) in [5.41, 5.74) is 0. The monoisotopic (exact) mass is 481 g/mol. The first-order chi connectivity index (χ1) is 11.6. The quantitative estimate of drug-likeness (QED) is 0.384. The number of ether oxygens (including phenoxy) is 1. The number of hydrogen-bond acceptors (Lipinski definition) is 5. The van der Waals surface area contributed by atoms with Crippen LogP contribution < -0.4 is 10.6 Å². The van der Waals surface area contributed by atoms with Gasteiger partial charge in [-0.3, -0.25) is 0 Å². The highest BCUT2D eigenvalue weighted by molar-refractivity contribution is 14.0. The molecular weight excluding hydrogens is 453 g/mol. The normalized spacial score (nSPS) is 15.5. The Labute approximate surface area is 170 Å². The summed E-state index contributed by atoms with van der Waals surface area (Å²) in [5, 5.41) is 7.75. The van der Waals surface area contributed by atoms with Crippen LogP contribution in [0.1, 0.15) is 36.6 Å². The summed E-state index contributed by atoms with van der Waals surface area (Å²) < 4.78 is 5.05. The molecule has 0 bridgehead atoms. The average Bonchev–Trinajstić information content (AvgIpc) is 2.99. The van der Waals surface area contributed by atoms with Gasteiger partial charge in [0.05, 0.1) is 13.2 Å². The lowest BCUT2D eigenvalue weighted by molar-refractivity contribution is 0.0963. The largest absolute Gasteiger partial charge is 0.450 e. The number of nitrogens with zero attached hydrogens (tertiary/aromatic N) is 3. The van der Waals surface area contributed by atoms with Gasteiger partial charge in [0, 0.05) is 36.8 Å². The minimum atomic E-state index is -0.212. The zero-order valence-electron chi connectivity index (χ0n) is 15.1. The summed E-state index contributed by atoms with van der Waals surface area (Å²) in [6.07, 6.45) is 3.44. The molecule has 2 heterocycles. The van der Waals surface area contributed by atoms with Gasteiger partial charge in [0.1, 0.15) is 5.01 Å². The molecule has 1 aliphatic rings. The van der Waals surface area contributed by atoms with Gasteiger partial charge in [-0.2, -0.15) is 0 Å². The lowest BCUT2D eigenvalue weighted by Crippen LogP contribution is -2.49. The summed E-state index contributed by atoms with van der Waals surface area (Å²) >= 11 is 1.67. The van der Waals surface area contributed by atoms with Crippen molar-refractivity contribution in [2.75, 3.05) is 26.2 Å². The van der Waals surface area contributed by atoms with Gasteiger partial charge < -0.3 is 20.3 Å². The van der Waals surface area contributed by atoms with Crippen LogP contribution in [0.5, 0.6) is 0 Å². The average molecular weight is 481 g/mol. The highest BCUT2D eigenvalue weighted by Crippen LogP contribution is 2.13. The molecule has 0 radical (unpaired) electrons. The van der Waals surface area contributed by atoms with E-state index in [0.29, 0.717) is 32.3 Å². The molecule has 1 amide bonds. The van der Waals surface area contributed by atoms with Crippen molar-refractivity contribution in [1.82, 2.24) is 20.5 Å². The van der Waals surface area contributed by atoms with Crippen LogP contribution in [0.2, 0.25) is 0 Å². The molecule has 7 nitrogen and oxygen atoms in total. The predicted octanol–water partition coefficient (Wildman–Crippen LogP) is 2.75. The Kier molecular flexibility index (Phi) is 10.1.